The first-order valence-corrected chi connectivity index (χ1v) is 12.4. The molecule has 32 heavy (non-hydrogen) atoms. The summed E-state index contributed by atoms with van der Waals surface area (Å²) in [5.41, 5.74) is 2.43. The van der Waals surface area contributed by atoms with Crippen molar-refractivity contribution in [3.8, 4) is 0 Å². The number of halogens is 1. The van der Waals surface area contributed by atoms with Crippen molar-refractivity contribution in [2.24, 2.45) is 4.99 Å². The van der Waals surface area contributed by atoms with Crippen molar-refractivity contribution < 1.29 is 13.2 Å². The first-order chi connectivity index (χ1) is 15.1. The van der Waals surface area contributed by atoms with Gasteiger partial charge in [-0.25, -0.2) is 13.4 Å². The van der Waals surface area contributed by atoms with Gasteiger partial charge < -0.3 is 15.4 Å². The number of nitrogens with one attached hydrogen (secondary N) is 2. The molecule has 1 saturated heterocycles. The minimum atomic E-state index is -3.32. The van der Waals surface area contributed by atoms with Crippen molar-refractivity contribution >= 4 is 39.8 Å². The number of sulfone groups is 1. The van der Waals surface area contributed by atoms with Gasteiger partial charge in [-0.3, -0.25) is 4.90 Å². The van der Waals surface area contributed by atoms with Crippen molar-refractivity contribution in [3.05, 3.63) is 65.7 Å². The molecule has 0 amide bonds. The molecule has 9 heteroatoms. The number of rotatable bonds is 9. The molecule has 2 N–H and O–H groups in total. The lowest BCUT2D eigenvalue weighted by molar-refractivity contribution is 0.0341. The first-order valence-electron chi connectivity index (χ1n) is 10.8. The topological polar surface area (TPSA) is 83.0 Å². The summed E-state index contributed by atoms with van der Waals surface area (Å²) in [5.74, 6) is 0.627. The maximum Gasteiger partial charge on any atom is 0.191 e. The fourth-order valence-electron chi connectivity index (χ4n) is 3.42. The number of benzene rings is 2. The predicted molar refractivity (Wildman–Crippen MR) is 139 cm³/mol. The van der Waals surface area contributed by atoms with E-state index in [1.165, 1.54) is 11.1 Å². The molecule has 1 fully saturated rings. The lowest BCUT2D eigenvalue weighted by atomic mass is 10.1. The summed E-state index contributed by atoms with van der Waals surface area (Å²) < 4.78 is 30.4. The second-order valence-corrected chi connectivity index (χ2v) is 9.52. The van der Waals surface area contributed by atoms with Crippen molar-refractivity contribution in [2.45, 2.75) is 24.9 Å². The summed E-state index contributed by atoms with van der Waals surface area (Å²) in [4.78, 5) is 7.42. The number of nitrogens with zero attached hydrogens (tertiary/aromatic N) is 2. The van der Waals surface area contributed by atoms with Crippen LogP contribution in [0.25, 0.3) is 0 Å². The SMILES string of the molecule is CCNC(=NCc1ccccc1CN1CCOCC1)NCCS(=O)(=O)c1ccccc1.I. The van der Waals surface area contributed by atoms with Gasteiger partial charge in [0.1, 0.15) is 0 Å². The van der Waals surface area contributed by atoms with Crippen LogP contribution in [0.2, 0.25) is 0 Å². The van der Waals surface area contributed by atoms with Gasteiger partial charge in [-0.05, 0) is 30.2 Å². The van der Waals surface area contributed by atoms with Gasteiger partial charge in [-0.1, -0.05) is 42.5 Å². The molecule has 176 valence electrons. The predicted octanol–water partition coefficient (Wildman–Crippen LogP) is 2.67. The van der Waals surface area contributed by atoms with E-state index in [9.17, 15) is 8.42 Å². The molecule has 0 aliphatic carbocycles. The molecular weight excluding hydrogens is 539 g/mol. The molecule has 0 bridgehead atoms. The van der Waals surface area contributed by atoms with Crippen LogP contribution in [-0.4, -0.2) is 64.4 Å². The second kappa shape index (κ2) is 13.8. The highest BCUT2D eigenvalue weighted by Crippen LogP contribution is 2.14. The smallest absolute Gasteiger partial charge is 0.191 e. The zero-order valence-corrected chi connectivity index (χ0v) is 21.6. The largest absolute Gasteiger partial charge is 0.379 e. The molecule has 0 aromatic heterocycles. The van der Waals surface area contributed by atoms with Crippen molar-refractivity contribution in [2.75, 3.05) is 45.1 Å². The van der Waals surface area contributed by atoms with E-state index in [4.69, 9.17) is 4.74 Å². The lowest BCUT2D eigenvalue weighted by Crippen LogP contribution is -2.39. The minimum absolute atomic E-state index is 0. The summed E-state index contributed by atoms with van der Waals surface area (Å²) in [7, 11) is -3.32. The summed E-state index contributed by atoms with van der Waals surface area (Å²) >= 11 is 0. The third-order valence-electron chi connectivity index (χ3n) is 5.13. The summed E-state index contributed by atoms with van der Waals surface area (Å²) in [5, 5.41) is 6.35. The molecule has 1 aliphatic heterocycles. The average molecular weight is 573 g/mol. The van der Waals surface area contributed by atoms with Gasteiger partial charge >= 0.3 is 0 Å². The van der Waals surface area contributed by atoms with Crippen LogP contribution in [-0.2, 0) is 27.7 Å². The molecule has 1 aliphatic rings. The number of guanidine groups is 1. The van der Waals surface area contributed by atoms with E-state index >= 15 is 0 Å². The highest BCUT2D eigenvalue weighted by molar-refractivity contribution is 14.0. The molecule has 3 rings (SSSR count). The molecule has 1 heterocycles. The number of hydrogen-bond acceptors (Lipinski definition) is 5. The van der Waals surface area contributed by atoms with Crippen LogP contribution in [0.4, 0.5) is 0 Å². The molecule has 0 atom stereocenters. The van der Waals surface area contributed by atoms with E-state index in [-0.39, 0.29) is 29.7 Å². The molecule has 0 saturated carbocycles. The van der Waals surface area contributed by atoms with Gasteiger partial charge in [0.2, 0.25) is 0 Å². The van der Waals surface area contributed by atoms with Crippen LogP contribution in [0.5, 0.6) is 0 Å². The van der Waals surface area contributed by atoms with Crippen molar-refractivity contribution in [3.63, 3.8) is 0 Å². The highest BCUT2D eigenvalue weighted by Gasteiger charge is 2.14. The minimum Gasteiger partial charge on any atom is -0.379 e. The van der Waals surface area contributed by atoms with Gasteiger partial charge in [0.15, 0.2) is 15.8 Å². The van der Waals surface area contributed by atoms with Crippen LogP contribution in [0, 0.1) is 0 Å². The van der Waals surface area contributed by atoms with Gasteiger partial charge in [0, 0.05) is 32.7 Å². The Hall–Kier alpha value is -1.69. The number of ether oxygens (including phenoxy) is 1. The molecule has 7 nitrogen and oxygen atoms in total. The fourth-order valence-corrected chi connectivity index (χ4v) is 4.60. The van der Waals surface area contributed by atoms with Gasteiger partial charge in [-0.15, -0.1) is 24.0 Å². The Morgan fingerprint density at radius 3 is 2.34 bits per heavy atom. The van der Waals surface area contributed by atoms with Crippen LogP contribution in [0.15, 0.2) is 64.5 Å². The molecule has 2 aromatic carbocycles. The highest BCUT2D eigenvalue weighted by atomic mass is 127. The normalized spacial score (nSPS) is 15.1. The molecule has 0 radical (unpaired) electrons. The van der Waals surface area contributed by atoms with E-state index < -0.39 is 9.84 Å². The van der Waals surface area contributed by atoms with Crippen LogP contribution >= 0.6 is 24.0 Å². The lowest BCUT2D eigenvalue weighted by Gasteiger charge is -2.27. The summed E-state index contributed by atoms with van der Waals surface area (Å²) in [6.07, 6.45) is 0. The Balaban J connectivity index is 0.00000363. The van der Waals surface area contributed by atoms with Gasteiger partial charge in [0.25, 0.3) is 0 Å². The zero-order chi connectivity index (χ0) is 21.9. The molecule has 0 spiro atoms. The fraction of sp³-hybridized carbons (Fsp3) is 0.435. The number of hydrogen-bond donors (Lipinski definition) is 2. The molecule has 2 aromatic rings. The van der Waals surface area contributed by atoms with Crippen LogP contribution in [0.1, 0.15) is 18.1 Å². The van der Waals surface area contributed by atoms with Crippen molar-refractivity contribution in [1.82, 2.24) is 15.5 Å². The molecule has 0 unspecified atom stereocenters. The monoisotopic (exact) mass is 572 g/mol. The zero-order valence-electron chi connectivity index (χ0n) is 18.5. The first kappa shape index (κ1) is 26.6. The third-order valence-corrected chi connectivity index (χ3v) is 6.87. The number of aliphatic imine (C=N–C) groups is 1. The summed E-state index contributed by atoms with van der Waals surface area (Å²) in [6, 6.07) is 16.9. The van der Waals surface area contributed by atoms with Gasteiger partial charge in [-0.2, -0.15) is 0 Å². The quantitative estimate of drug-likeness (QED) is 0.273. The Morgan fingerprint density at radius 2 is 1.66 bits per heavy atom. The summed E-state index contributed by atoms with van der Waals surface area (Å²) in [6.45, 7) is 7.84. The van der Waals surface area contributed by atoms with E-state index in [0.29, 0.717) is 30.5 Å². The van der Waals surface area contributed by atoms with E-state index in [1.54, 1.807) is 24.3 Å². The maximum absolute atomic E-state index is 12.5. The van der Waals surface area contributed by atoms with Gasteiger partial charge in [0.05, 0.1) is 30.4 Å². The van der Waals surface area contributed by atoms with Crippen LogP contribution < -0.4 is 10.6 Å². The Morgan fingerprint density at radius 1 is 1.00 bits per heavy atom. The Kier molecular flexibility index (Phi) is 11.4. The Bertz CT molecular complexity index is 949. The molecular formula is C23H33IN4O3S. The Labute approximate surface area is 208 Å². The second-order valence-electron chi connectivity index (χ2n) is 7.41. The third kappa shape index (κ3) is 8.34. The van der Waals surface area contributed by atoms with Crippen LogP contribution in [0.3, 0.4) is 0 Å². The number of morpholine rings is 1. The van der Waals surface area contributed by atoms with Crippen molar-refractivity contribution in [1.29, 1.82) is 0 Å². The standard InChI is InChI=1S/C23H32N4O3S.HI/c1-2-24-23(25-12-17-31(28,29)22-10-4-3-5-11-22)26-18-20-8-6-7-9-21(20)19-27-13-15-30-16-14-27;/h3-11H,2,12-19H2,1H3,(H2,24,25,26);1H. The van der Waals surface area contributed by atoms with E-state index in [2.05, 4.69) is 38.7 Å². The average Bonchev–Trinajstić information content (AvgIpc) is 2.79. The van der Waals surface area contributed by atoms with E-state index in [0.717, 1.165) is 32.8 Å². The van der Waals surface area contributed by atoms with E-state index in [1.807, 2.05) is 19.1 Å². The maximum atomic E-state index is 12.5.